The molecule has 1 aliphatic rings. The second kappa shape index (κ2) is 7.84. The summed E-state index contributed by atoms with van der Waals surface area (Å²) >= 11 is 0. The van der Waals surface area contributed by atoms with Crippen molar-refractivity contribution in [3.63, 3.8) is 0 Å². The number of nitrogens with zero attached hydrogens (tertiary/aromatic N) is 3. The van der Waals surface area contributed by atoms with Gasteiger partial charge in [-0.2, -0.15) is 0 Å². The lowest BCUT2D eigenvalue weighted by atomic mass is 10.2. The number of imidazole rings is 1. The summed E-state index contributed by atoms with van der Waals surface area (Å²) in [7, 11) is 0. The van der Waals surface area contributed by atoms with E-state index < -0.39 is 0 Å². The molecule has 2 heterocycles. The number of carbonyl (C=O) groups excluding carboxylic acids is 1. The lowest BCUT2D eigenvalue weighted by Gasteiger charge is -2.32. The van der Waals surface area contributed by atoms with Gasteiger partial charge in [0.1, 0.15) is 6.54 Å². The third-order valence-electron chi connectivity index (χ3n) is 4.81. The molecule has 1 fully saturated rings. The Bertz CT molecular complexity index is 789. The summed E-state index contributed by atoms with van der Waals surface area (Å²) in [5.74, 6) is -0.138. The Hall–Kier alpha value is -2.12. The van der Waals surface area contributed by atoms with Gasteiger partial charge in [0, 0.05) is 32.2 Å². The lowest BCUT2D eigenvalue weighted by molar-refractivity contribution is -0.122. The van der Waals surface area contributed by atoms with E-state index in [2.05, 4.69) is 17.1 Å². The average Bonchev–Trinajstić information content (AvgIpc) is 2.91. The van der Waals surface area contributed by atoms with Gasteiger partial charge in [-0.15, -0.1) is 0 Å². The molecule has 2 aromatic rings. The van der Waals surface area contributed by atoms with Crippen molar-refractivity contribution < 1.29 is 9.53 Å². The van der Waals surface area contributed by atoms with Crippen LogP contribution in [0.4, 0.5) is 0 Å². The Labute approximate surface area is 147 Å². The van der Waals surface area contributed by atoms with Gasteiger partial charge in [0.05, 0.1) is 24.2 Å². The summed E-state index contributed by atoms with van der Waals surface area (Å²) in [5, 5.41) is 2.96. The Kier molecular flexibility index (Phi) is 5.55. The smallest absolute Gasteiger partial charge is 0.329 e. The maximum Gasteiger partial charge on any atom is 0.329 e. The van der Waals surface area contributed by atoms with Crippen LogP contribution in [0.3, 0.4) is 0 Å². The van der Waals surface area contributed by atoms with Gasteiger partial charge in [-0.3, -0.25) is 18.8 Å². The number of para-hydroxylation sites is 2. The molecule has 0 saturated carbocycles. The first-order valence-electron chi connectivity index (χ1n) is 8.88. The maximum absolute atomic E-state index is 12.6. The highest BCUT2D eigenvalue weighted by molar-refractivity contribution is 5.80. The van der Waals surface area contributed by atoms with E-state index in [0.717, 1.165) is 37.3 Å². The molecule has 1 saturated heterocycles. The van der Waals surface area contributed by atoms with Crippen LogP contribution >= 0.6 is 0 Å². The number of aromatic nitrogens is 2. The number of aryl methyl sites for hydroxylation is 1. The minimum atomic E-state index is -0.139. The molecular weight excluding hydrogens is 320 g/mol. The number of carbonyl (C=O) groups is 1. The van der Waals surface area contributed by atoms with Crippen LogP contribution in [-0.2, 0) is 22.6 Å². The van der Waals surface area contributed by atoms with Crippen LogP contribution in [0.25, 0.3) is 11.0 Å². The molecule has 1 aliphatic heterocycles. The molecule has 0 aliphatic carbocycles. The third-order valence-corrected chi connectivity index (χ3v) is 4.81. The Morgan fingerprint density at radius 2 is 1.84 bits per heavy atom. The molecule has 136 valence electrons. The van der Waals surface area contributed by atoms with Gasteiger partial charge in [-0.1, -0.05) is 12.1 Å². The van der Waals surface area contributed by atoms with Crippen LogP contribution in [-0.4, -0.2) is 58.8 Å². The van der Waals surface area contributed by atoms with Crippen molar-refractivity contribution in [2.75, 3.05) is 32.8 Å². The van der Waals surface area contributed by atoms with E-state index >= 15 is 0 Å². The number of hydrogen-bond acceptors (Lipinski definition) is 4. The summed E-state index contributed by atoms with van der Waals surface area (Å²) in [6.07, 6.45) is 0. The van der Waals surface area contributed by atoms with E-state index in [1.807, 2.05) is 31.2 Å². The molecule has 0 spiro atoms. The number of rotatable bonds is 6. The molecule has 25 heavy (non-hydrogen) atoms. The van der Waals surface area contributed by atoms with Crippen LogP contribution < -0.4 is 11.0 Å². The van der Waals surface area contributed by atoms with E-state index in [9.17, 15) is 9.59 Å². The fourth-order valence-electron chi connectivity index (χ4n) is 3.34. The van der Waals surface area contributed by atoms with Crippen molar-refractivity contribution in [1.82, 2.24) is 19.4 Å². The fourth-order valence-corrected chi connectivity index (χ4v) is 3.34. The summed E-state index contributed by atoms with van der Waals surface area (Å²) in [6, 6.07) is 7.84. The normalized spacial score (nSPS) is 16.9. The molecule has 0 radical (unpaired) electrons. The molecule has 1 N–H and O–H groups in total. The molecule has 7 heteroatoms. The van der Waals surface area contributed by atoms with Crippen LogP contribution in [0.15, 0.2) is 29.1 Å². The number of hydrogen-bond donors (Lipinski definition) is 1. The van der Waals surface area contributed by atoms with Gasteiger partial charge in [0.25, 0.3) is 0 Å². The van der Waals surface area contributed by atoms with E-state index in [1.54, 1.807) is 9.13 Å². The SMILES string of the molecule is CCn1c(=O)n(CC(=O)NC[C@@H](C)N2CCOCC2)c2ccccc21. The van der Waals surface area contributed by atoms with Crippen molar-refractivity contribution in [3.05, 3.63) is 34.7 Å². The third kappa shape index (κ3) is 3.77. The van der Waals surface area contributed by atoms with Crippen LogP contribution in [0, 0.1) is 0 Å². The van der Waals surface area contributed by atoms with E-state index in [0.29, 0.717) is 13.1 Å². The second-order valence-corrected chi connectivity index (χ2v) is 6.40. The van der Waals surface area contributed by atoms with Gasteiger partial charge < -0.3 is 10.1 Å². The highest BCUT2D eigenvalue weighted by Gasteiger charge is 2.18. The first-order chi connectivity index (χ1) is 12.1. The number of nitrogens with one attached hydrogen (secondary N) is 1. The van der Waals surface area contributed by atoms with Gasteiger partial charge in [-0.05, 0) is 26.0 Å². The van der Waals surface area contributed by atoms with Crippen LogP contribution in [0.5, 0.6) is 0 Å². The van der Waals surface area contributed by atoms with Gasteiger partial charge in [0.2, 0.25) is 5.91 Å². The zero-order valence-corrected chi connectivity index (χ0v) is 14.9. The maximum atomic E-state index is 12.6. The topological polar surface area (TPSA) is 68.5 Å². The fraction of sp³-hybridized carbons (Fsp3) is 0.556. The van der Waals surface area contributed by atoms with Crippen molar-refractivity contribution in [2.24, 2.45) is 0 Å². The second-order valence-electron chi connectivity index (χ2n) is 6.40. The van der Waals surface area contributed by atoms with Crippen molar-refractivity contribution in [1.29, 1.82) is 0 Å². The van der Waals surface area contributed by atoms with Gasteiger partial charge in [0.15, 0.2) is 0 Å². The number of fused-ring (bicyclic) bond motifs is 1. The number of ether oxygens (including phenoxy) is 1. The van der Waals surface area contributed by atoms with Gasteiger partial charge in [-0.25, -0.2) is 4.79 Å². The molecular formula is C18H26N4O3. The van der Waals surface area contributed by atoms with E-state index in [-0.39, 0.29) is 24.2 Å². The minimum Gasteiger partial charge on any atom is -0.379 e. The molecule has 7 nitrogen and oxygen atoms in total. The predicted octanol–water partition coefficient (Wildman–Crippen LogP) is 0.660. The summed E-state index contributed by atoms with van der Waals surface area (Å²) in [5.41, 5.74) is 1.52. The first-order valence-corrected chi connectivity index (χ1v) is 8.88. The average molecular weight is 346 g/mol. The van der Waals surface area contributed by atoms with E-state index in [1.165, 1.54) is 0 Å². The molecule has 1 aromatic carbocycles. The molecule has 3 rings (SSSR count). The summed E-state index contributed by atoms with van der Waals surface area (Å²) in [6.45, 7) is 8.49. The number of amides is 1. The van der Waals surface area contributed by atoms with E-state index in [4.69, 9.17) is 4.74 Å². The molecule has 1 atom stereocenters. The van der Waals surface area contributed by atoms with Crippen LogP contribution in [0.2, 0.25) is 0 Å². The first kappa shape index (κ1) is 17.7. The minimum absolute atomic E-state index is 0.0438. The highest BCUT2D eigenvalue weighted by atomic mass is 16.5. The molecule has 1 aromatic heterocycles. The molecule has 0 unspecified atom stereocenters. The lowest BCUT2D eigenvalue weighted by Crippen LogP contribution is -2.47. The number of benzene rings is 1. The zero-order valence-electron chi connectivity index (χ0n) is 14.9. The summed E-state index contributed by atoms with van der Waals surface area (Å²) < 4.78 is 8.59. The van der Waals surface area contributed by atoms with Crippen LogP contribution in [0.1, 0.15) is 13.8 Å². The largest absolute Gasteiger partial charge is 0.379 e. The number of morpholine rings is 1. The predicted molar refractivity (Wildman–Crippen MR) is 96.7 cm³/mol. The Balaban J connectivity index is 1.66. The Morgan fingerprint density at radius 1 is 1.20 bits per heavy atom. The zero-order chi connectivity index (χ0) is 17.8. The monoisotopic (exact) mass is 346 g/mol. The van der Waals surface area contributed by atoms with Crippen molar-refractivity contribution >= 4 is 16.9 Å². The standard InChI is InChI=1S/C18H26N4O3/c1-3-21-15-6-4-5-7-16(15)22(18(21)24)13-17(23)19-12-14(2)20-8-10-25-11-9-20/h4-7,14H,3,8-13H2,1-2H3,(H,19,23)/t14-/m1/s1. The Morgan fingerprint density at radius 3 is 2.48 bits per heavy atom. The van der Waals surface area contributed by atoms with Crippen molar-refractivity contribution in [3.8, 4) is 0 Å². The molecule has 1 amide bonds. The quantitative estimate of drug-likeness (QED) is 0.834. The summed E-state index contributed by atoms with van der Waals surface area (Å²) in [4.78, 5) is 27.2. The highest BCUT2D eigenvalue weighted by Crippen LogP contribution is 2.12. The molecule has 0 bridgehead atoms. The van der Waals surface area contributed by atoms with Gasteiger partial charge >= 0.3 is 5.69 Å². The van der Waals surface area contributed by atoms with Crippen molar-refractivity contribution in [2.45, 2.75) is 33.0 Å².